The van der Waals surface area contributed by atoms with Crippen LogP contribution in [0, 0.1) is 11.7 Å². The second-order valence-corrected chi connectivity index (χ2v) is 4.68. The predicted molar refractivity (Wildman–Crippen MR) is 65.2 cm³/mol. The van der Waals surface area contributed by atoms with Crippen molar-refractivity contribution in [2.75, 3.05) is 0 Å². The average molecular weight is 245 g/mol. The van der Waals surface area contributed by atoms with Crippen LogP contribution in [0.3, 0.4) is 0 Å². The van der Waals surface area contributed by atoms with Crippen LogP contribution in [0.2, 0.25) is 5.02 Å². The van der Waals surface area contributed by atoms with E-state index in [2.05, 4.69) is 6.92 Å². The molecule has 0 heterocycles. The first-order valence-corrected chi connectivity index (χ1v) is 6.04. The van der Waals surface area contributed by atoms with E-state index in [4.69, 9.17) is 11.6 Å². The second kappa shape index (κ2) is 6.21. The maximum atomic E-state index is 12.8. The molecule has 0 aliphatic heterocycles. The van der Waals surface area contributed by atoms with Gasteiger partial charge in [0.05, 0.1) is 6.10 Å². The van der Waals surface area contributed by atoms with Crippen molar-refractivity contribution < 1.29 is 9.50 Å². The summed E-state index contributed by atoms with van der Waals surface area (Å²) in [6.45, 7) is 4.11. The highest BCUT2D eigenvalue weighted by molar-refractivity contribution is 6.31. The van der Waals surface area contributed by atoms with Gasteiger partial charge in [-0.3, -0.25) is 0 Å². The summed E-state index contributed by atoms with van der Waals surface area (Å²) in [7, 11) is 0. The van der Waals surface area contributed by atoms with Gasteiger partial charge in [0, 0.05) is 11.4 Å². The molecular formula is C13H18ClFO. The summed E-state index contributed by atoms with van der Waals surface area (Å²) in [5, 5.41) is 10.3. The Morgan fingerprint density at radius 3 is 2.69 bits per heavy atom. The number of hydrogen-bond acceptors (Lipinski definition) is 1. The van der Waals surface area contributed by atoms with Gasteiger partial charge in [-0.25, -0.2) is 4.39 Å². The Kier molecular flexibility index (Phi) is 5.23. The van der Waals surface area contributed by atoms with Crippen LogP contribution in [0.4, 0.5) is 4.39 Å². The minimum absolute atomic E-state index is 0.242. The summed E-state index contributed by atoms with van der Waals surface area (Å²) < 4.78 is 12.8. The predicted octanol–water partition coefficient (Wildman–Crippen LogP) is 3.82. The number of aliphatic hydroxyl groups is 1. The Balaban J connectivity index is 2.65. The van der Waals surface area contributed by atoms with E-state index < -0.39 is 6.10 Å². The van der Waals surface area contributed by atoms with Crippen molar-refractivity contribution in [3.63, 3.8) is 0 Å². The van der Waals surface area contributed by atoms with Crippen molar-refractivity contribution in [2.24, 2.45) is 5.92 Å². The van der Waals surface area contributed by atoms with E-state index in [1.165, 1.54) is 12.1 Å². The molecule has 0 aromatic heterocycles. The Bertz CT molecular complexity index is 341. The Labute approximate surface area is 101 Å². The van der Waals surface area contributed by atoms with E-state index in [1.807, 2.05) is 6.92 Å². The molecule has 0 saturated carbocycles. The van der Waals surface area contributed by atoms with Crippen LogP contribution in [-0.4, -0.2) is 11.2 Å². The minimum atomic E-state index is -0.414. The molecule has 1 rings (SSSR count). The smallest absolute Gasteiger partial charge is 0.124 e. The molecule has 2 unspecified atom stereocenters. The van der Waals surface area contributed by atoms with E-state index in [1.54, 1.807) is 6.07 Å². The van der Waals surface area contributed by atoms with Crippen molar-refractivity contribution in [2.45, 2.75) is 39.2 Å². The molecule has 1 aromatic rings. The highest BCUT2D eigenvalue weighted by Crippen LogP contribution is 2.22. The molecule has 0 radical (unpaired) electrons. The molecule has 1 nitrogen and oxygen atoms in total. The molecule has 16 heavy (non-hydrogen) atoms. The summed E-state index contributed by atoms with van der Waals surface area (Å²) in [5.41, 5.74) is 0.804. The summed E-state index contributed by atoms with van der Waals surface area (Å²) >= 11 is 5.90. The van der Waals surface area contributed by atoms with E-state index in [-0.39, 0.29) is 11.7 Å². The molecule has 0 fully saturated rings. The highest BCUT2D eigenvalue weighted by atomic mass is 35.5. The number of hydrogen-bond donors (Lipinski definition) is 1. The van der Waals surface area contributed by atoms with Gasteiger partial charge in [0.15, 0.2) is 0 Å². The largest absolute Gasteiger partial charge is 0.393 e. The molecule has 0 spiro atoms. The molecule has 0 aliphatic carbocycles. The minimum Gasteiger partial charge on any atom is -0.393 e. The molecule has 0 amide bonds. The van der Waals surface area contributed by atoms with Gasteiger partial charge in [0.1, 0.15) is 5.82 Å². The summed E-state index contributed by atoms with van der Waals surface area (Å²) in [6, 6.07) is 4.30. The van der Waals surface area contributed by atoms with Crippen LogP contribution in [0.5, 0.6) is 0 Å². The van der Waals surface area contributed by atoms with E-state index in [0.717, 1.165) is 18.4 Å². The van der Waals surface area contributed by atoms with Crippen molar-refractivity contribution in [3.8, 4) is 0 Å². The lowest BCUT2D eigenvalue weighted by Gasteiger charge is -2.18. The molecule has 0 bridgehead atoms. The van der Waals surface area contributed by atoms with E-state index in [9.17, 15) is 9.50 Å². The highest BCUT2D eigenvalue weighted by Gasteiger charge is 2.15. The summed E-state index contributed by atoms with van der Waals surface area (Å²) in [5.74, 6) is -0.101. The molecule has 1 N–H and O–H groups in total. The first-order chi connectivity index (χ1) is 7.54. The van der Waals surface area contributed by atoms with Gasteiger partial charge in [0.2, 0.25) is 0 Å². The topological polar surface area (TPSA) is 20.2 Å². The van der Waals surface area contributed by atoms with E-state index in [0.29, 0.717) is 11.4 Å². The fraction of sp³-hybridized carbons (Fsp3) is 0.538. The maximum Gasteiger partial charge on any atom is 0.124 e. The molecule has 2 atom stereocenters. The zero-order valence-corrected chi connectivity index (χ0v) is 10.5. The van der Waals surface area contributed by atoms with Gasteiger partial charge in [0.25, 0.3) is 0 Å². The lowest BCUT2D eigenvalue weighted by Crippen LogP contribution is -2.20. The van der Waals surface area contributed by atoms with Crippen LogP contribution in [0.25, 0.3) is 0 Å². The van der Waals surface area contributed by atoms with Crippen LogP contribution in [-0.2, 0) is 6.42 Å². The zero-order valence-electron chi connectivity index (χ0n) is 9.71. The number of benzene rings is 1. The number of rotatable bonds is 5. The molecule has 0 saturated heterocycles. The molecular weight excluding hydrogens is 227 g/mol. The van der Waals surface area contributed by atoms with Crippen molar-refractivity contribution in [1.82, 2.24) is 0 Å². The second-order valence-electron chi connectivity index (χ2n) is 4.27. The maximum absolute atomic E-state index is 12.8. The molecule has 90 valence electrons. The van der Waals surface area contributed by atoms with Gasteiger partial charge >= 0.3 is 0 Å². The van der Waals surface area contributed by atoms with Gasteiger partial charge in [-0.05, 0) is 30.0 Å². The monoisotopic (exact) mass is 244 g/mol. The summed E-state index contributed by atoms with van der Waals surface area (Å²) in [4.78, 5) is 0. The van der Waals surface area contributed by atoms with Crippen molar-refractivity contribution >= 4 is 11.6 Å². The lowest BCUT2D eigenvalue weighted by molar-refractivity contribution is 0.111. The van der Waals surface area contributed by atoms with Crippen LogP contribution in [0.15, 0.2) is 18.2 Å². The van der Waals surface area contributed by atoms with Gasteiger partial charge in [-0.15, -0.1) is 0 Å². The fourth-order valence-corrected chi connectivity index (χ4v) is 2.01. The SMILES string of the molecule is CCCC(C)C(O)Cc1ccc(F)cc1Cl. The molecule has 1 aromatic carbocycles. The Hall–Kier alpha value is -0.600. The fourth-order valence-electron chi connectivity index (χ4n) is 1.76. The first kappa shape index (κ1) is 13.5. The molecule has 3 heteroatoms. The third-order valence-electron chi connectivity index (χ3n) is 2.85. The zero-order chi connectivity index (χ0) is 12.1. The first-order valence-electron chi connectivity index (χ1n) is 5.66. The van der Waals surface area contributed by atoms with Gasteiger partial charge in [-0.1, -0.05) is 37.9 Å². The standard InChI is InChI=1S/C13H18ClFO/c1-3-4-9(2)13(16)7-10-5-6-11(15)8-12(10)14/h5-6,8-9,13,16H,3-4,7H2,1-2H3. The van der Waals surface area contributed by atoms with Crippen molar-refractivity contribution in [3.05, 3.63) is 34.6 Å². The van der Waals surface area contributed by atoms with Crippen molar-refractivity contribution in [1.29, 1.82) is 0 Å². The third-order valence-corrected chi connectivity index (χ3v) is 3.20. The third kappa shape index (κ3) is 3.76. The van der Waals surface area contributed by atoms with Crippen LogP contribution >= 0.6 is 11.6 Å². The lowest BCUT2D eigenvalue weighted by atomic mass is 9.94. The Morgan fingerprint density at radius 1 is 1.44 bits per heavy atom. The van der Waals surface area contributed by atoms with Crippen LogP contribution < -0.4 is 0 Å². The van der Waals surface area contributed by atoms with Gasteiger partial charge in [-0.2, -0.15) is 0 Å². The normalized spacial score (nSPS) is 14.8. The summed E-state index contributed by atoms with van der Waals surface area (Å²) in [6.07, 6.45) is 2.11. The van der Waals surface area contributed by atoms with Gasteiger partial charge < -0.3 is 5.11 Å². The number of halogens is 2. The Morgan fingerprint density at radius 2 is 2.12 bits per heavy atom. The number of aliphatic hydroxyl groups excluding tert-OH is 1. The van der Waals surface area contributed by atoms with E-state index >= 15 is 0 Å². The quantitative estimate of drug-likeness (QED) is 0.835. The average Bonchev–Trinajstić information content (AvgIpc) is 2.22. The molecule has 0 aliphatic rings. The van der Waals surface area contributed by atoms with Crippen LogP contribution in [0.1, 0.15) is 32.3 Å².